The number of hydrogen-bond donors (Lipinski definition) is 0. The molecule has 23 heavy (non-hydrogen) atoms. The molecule has 0 aliphatic rings. The van der Waals surface area contributed by atoms with Gasteiger partial charge in [0.25, 0.3) is 0 Å². The number of rotatable bonds is 2. The van der Waals surface area contributed by atoms with Gasteiger partial charge in [0.1, 0.15) is 5.82 Å². The predicted octanol–water partition coefficient (Wildman–Crippen LogP) is 4.84. The van der Waals surface area contributed by atoms with Crippen LogP contribution in [0.4, 0.5) is 22.0 Å². The summed E-state index contributed by atoms with van der Waals surface area (Å²) in [6.07, 6.45) is -4.84. The van der Waals surface area contributed by atoms with E-state index in [0.29, 0.717) is 4.68 Å². The van der Waals surface area contributed by atoms with Crippen LogP contribution >= 0.6 is 0 Å². The maximum absolute atomic E-state index is 14.6. The van der Waals surface area contributed by atoms with E-state index >= 15 is 0 Å². The normalized spacial score (nSPS) is 11.7. The number of halogens is 5. The lowest BCUT2D eigenvalue weighted by atomic mass is 10.1. The quantitative estimate of drug-likeness (QED) is 0.617. The molecule has 0 bridgehead atoms. The van der Waals surface area contributed by atoms with E-state index in [1.54, 1.807) is 18.2 Å². The molecule has 0 aliphatic heterocycles. The average molecular weight is 324 g/mol. The van der Waals surface area contributed by atoms with Crippen molar-refractivity contribution in [1.82, 2.24) is 9.78 Å². The fraction of sp³-hybridized carbons (Fsp3) is 0.0625. The first-order chi connectivity index (χ1) is 10.9. The summed E-state index contributed by atoms with van der Waals surface area (Å²) in [7, 11) is 0. The van der Waals surface area contributed by atoms with Gasteiger partial charge in [0, 0.05) is 0 Å². The van der Waals surface area contributed by atoms with E-state index in [0.717, 1.165) is 24.3 Å². The molecule has 7 heteroatoms. The molecule has 0 radical (unpaired) electrons. The van der Waals surface area contributed by atoms with Gasteiger partial charge in [-0.05, 0) is 29.8 Å². The highest BCUT2D eigenvalue weighted by atomic mass is 19.4. The van der Waals surface area contributed by atoms with Crippen molar-refractivity contribution in [3.63, 3.8) is 0 Å². The van der Waals surface area contributed by atoms with E-state index < -0.39 is 29.2 Å². The molecule has 0 saturated carbocycles. The van der Waals surface area contributed by atoms with Crippen LogP contribution in [0.15, 0.2) is 54.6 Å². The van der Waals surface area contributed by atoms with Crippen molar-refractivity contribution in [2.45, 2.75) is 6.18 Å². The van der Waals surface area contributed by atoms with Crippen LogP contribution in [0.2, 0.25) is 0 Å². The van der Waals surface area contributed by atoms with Crippen LogP contribution in [0.25, 0.3) is 16.8 Å². The molecule has 0 fully saturated rings. The molecule has 0 atom stereocenters. The number of hydrogen-bond acceptors (Lipinski definition) is 1. The summed E-state index contributed by atoms with van der Waals surface area (Å²) in [6.45, 7) is 0. The summed E-state index contributed by atoms with van der Waals surface area (Å²) < 4.78 is 67.8. The van der Waals surface area contributed by atoms with Crippen LogP contribution in [-0.4, -0.2) is 9.78 Å². The predicted molar refractivity (Wildman–Crippen MR) is 73.9 cm³/mol. The van der Waals surface area contributed by atoms with E-state index in [4.69, 9.17) is 0 Å². The number of alkyl halides is 3. The van der Waals surface area contributed by atoms with Crippen molar-refractivity contribution >= 4 is 0 Å². The van der Waals surface area contributed by atoms with Crippen LogP contribution in [-0.2, 0) is 6.18 Å². The third kappa shape index (κ3) is 2.81. The molecule has 1 aromatic heterocycles. The molecule has 1 heterocycles. The molecule has 118 valence electrons. The molecule has 0 saturated heterocycles. The Labute approximate surface area is 127 Å². The van der Waals surface area contributed by atoms with Gasteiger partial charge >= 0.3 is 6.18 Å². The Kier molecular flexibility index (Phi) is 3.63. The Morgan fingerprint density at radius 3 is 2.00 bits per heavy atom. The minimum absolute atomic E-state index is 0.0987. The average Bonchev–Trinajstić information content (AvgIpc) is 2.87. The van der Waals surface area contributed by atoms with Crippen molar-refractivity contribution in [3.8, 4) is 16.8 Å². The standard InChI is InChI=1S/C16H9F5N2/c17-11-8-6-10(7-9-11)13-14(16(19,20)21)22-23(15(13)18)12-4-2-1-3-5-12/h1-9H. The van der Waals surface area contributed by atoms with Gasteiger partial charge in [-0.2, -0.15) is 22.7 Å². The van der Waals surface area contributed by atoms with Gasteiger partial charge in [0.05, 0.1) is 11.3 Å². The Bertz CT molecular complexity index is 820. The third-order valence-electron chi connectivity index (χ3n) is 3.23. The van der Waals surface area contributed by atoms with E-state index in [2.05, 4.69) is 5.10 Å². The zero-order valence-electron chi connectivity index (χ0n) is 11.5. The summed E-state index contributed by atoms with van der Waals surface area (Å²) in [6, 6.07) is 11.7. The van der Waals surface area contributed by atoms with Gasteiger partial charge in [-0.3, -0.25) is 0 Å². The lowest BCUT2D eigenvalue weighted by molar-refractivity contribution is -0.140. The Hall–Kier alpha value is -2.70. The second-order valence-corrected chi connectivity index (χ2v) is 4.77. The van der Waals surface area contributed by atoms with Crippen LogP contribution in [0.5, 0.6) is 0 Å². The van der Waals surface area contributed by atoms with Crippen LogP contribution in [0, 0.1) is 11.8 Å². The molecule has 0 amide bonds. The highest BCUT2D eigenvalue weighted by Crippen LogP contribution is 2.38. The van der Waals surface area contributed by atoms with Crippen molar-refractivity contribution < 1.29 is 22.0 Å². The van der Waals surface area contributed by atoms with Crippen molar-refractivity contribution in [3.05, 3.63) is 72.1 Å². The lowest BCUT2D eigenvalue weighted by Crippen LogP contribution is -2.08. The monoisotopic (exact) mass is 324 g/mol. The van der Waals surface area contributed by atoms with E-state index in [1.807, 2.05) is 0 Å². The number of benzene rings is 2. The first-order valence-electron chi connectivity index (χ1n) is 6.55. The van der Waals surface area contributed by atoms with E-state index in [1.165, 1.54) is 12.1 Å². The van der Waals surface area contributed by atoms with Crippen LogP contribution < -0.4 is 0 Å². The zero-order valence-corrected chi connectivity index (χ0v) is 11.5. The lowest BCUT2D eigenvalue weighted by Gasteiger charge is -2.05. The summed E-state index contributed by atoms with van der Waals surface area (Å²) in [4.78, 5) is 0. The minimum Gasteiger partial charge on any atom is -0.207 e. The first kappa shape index (κ1) is 15.2. The Morgan fingerprint density at radius 2 is 1.43 bits per heavy atom. The zero-order chi connectivity index (χ0) is 16.6. The number of para-hydroxylation sites is 1. The molecule has 0 aliphatic carbocycles. The van der Waals surface area contributed by atoms with E-state index in [-0.39, 0.29) is 11.3 Å². The SMILES string of the molecule is Fc1ccc(-c2c(C(F)(F)F)nn(-c3ccccc3)c2F)cc1. The first-order valence-corrected chi connectivity index (χ1v) is 6.55. The molecule has 3 rings (SSSR count). The summed E-state index contributed by atoms with van der Waals surface area (Å²) >= 11 is 0. The molecule has 2 nitrogen and oxygen atoms in total. The van der Waals surface area contributed by atoms with E-state index in [9.17, 15) is 22.0 Å². The second kappa shape index (κ2) is 5.49. The fourth-order valence-corrected chi connectivity index (χ4v) is 2.21. The van der Waals surface area contributed by atoms with Gasteiger partial charge in [-0.15, -0.1) is 0 Å². The molecule has 3 aromatic rings. The largest absolute Gasteiger partial charge is 0.435 e. The van der Waals surface area contributed by atoms with Gasteiger partial charge in [-0.25, -0.2) is 9.07 Å². The summed E-state index contributed by atoms with van der Waals surface area (Å²) in [5.74, 6) is -1.78. The highest BCUT2D eigenvalue weighted by Gasteiger charge is 2.40. The summed E-state index contributed by atoms with van der Waals surface area (Å²) in [5.41, 5.74) is -2.01. The van der Waals surface area contributed by atoms with Crippen LogP contribution in [0.3, 0.4) is 0 Å². The van der Waals surface area contributed by atoms with Crippen LogP contribution in [0.1, 0.15) is 5.69 Å². The Balaban J connectivity index is 2.25. The fourth-order valence-electron chi connectivity index (χ4n) is 2.21. The molecular weight excluding hydrogens is 315 g/mol. The van der Waals surface area contributed by atoms with Crippen molar-refractivity contribution in [2.75, 3.05) is 0 Å². The van der Waals surface area contributed by atoms with Gasteiger partial charge < -0.3 is 0 Å². The van der Waals surface area contributed by atoms with Crippen molar-refractivity contribution in [2.24, 2.45) is 0 Å². The second-order valence-electron chi connectivity index (χ2n) is 4.77. The maximum Gasteiger partial charge on any atom is 0.435 e. The molecule has 0 N–H and O–H groups in total. The Morgan fingerprint density at radius 1 is 0.826 bits per heavy atom. The smallest absolute Gasteiger partial charge is 0.207 e. The molecule has 0 spiro atoms. The highest BCUT2D eigenvalue weighted by molar-refractivity contribution is 5.67. The number of nitrogens with zero attached hydrogens (tertiary/aromatic N) is 2. The third-order valence-corrected chi connectivity index (χ3v) is 3.23. The summed E-state index contributed by atoms with van der Waals surface area (Å²) in [5, 5.41) is 3.37. The minimum atomic E-state index is -4.84. The molecular formula is C16H9F5N2. The van der Waals surface area contributed by atoms with Gasteiger partial charge in [-0.1, -0.05) is 30.3 Å². The molecule has 2 aromatic carbocycles. The van der Waals surface area contributed by atoms with Gasteiger partial charge in [0.15, 0.2) is 5.69 Å². The van der Waals surface area contributed by atoms with Crippen molar-refractivity contribution in [1.29, 1.82) is 0 Å². The molecule has 0 unspecified atom stereocenters. The topological polar surface area (TPSA) is 17.8 Å². The van der Waals surface area contributed by atoms with Gasteiger partial charge in [0.2, 0.25) is 5.95 Å². The number of aromatic nitrogens is 2. The maximum atomic E-state index is 14.6.